The van der Waals surface area contributed by atoms with Gasteiger partial charge in [-0.1, -0.05) is 128 Å². The molecule has 0 fully saturated rings. The van der Waals surface area contributed by atoms with Crippen molar-refractivity contribution in [3.63, 3.8) is 0 Å². The van der Waals surface area contributed by atoms with Crippen LogP contribution >= 0.6 is 0 Å². The number of hydrogen-bond donors (Lipinski definition) is 1. The van der Waals surface area contributed by atoms with E-state index in [9.17, 15) is 0 Å². The van der Waals surface area contributed by atoms with Crippen LogP contribution in [0.5, 0.6) is 0 Å². The highest BCUT2D eigenvalue weighted by Gasteiger charge is 2.24. The highest BCUT2D eigenvalue weighted by atomic mass is 14.7. The van der Waals surface area contributed by atoms with Gasteiger partial charge < -0.3 is 4.98 Å². The fourth-order valence-corrected chi connectivity index (χ4v) is 3.10. The van der Waals surface area contributed by atoms with Gasteiger partial charge in [-0.3, -0.25) is 0 Å². The molecule has 1 heteroatoms. The van der Waals surface area contributed by atoms with Crippen molar-refractivity contribution in [3.05, 3.63) is 96.7 Å². The average molecular weight is 402 g/mol. The molecule has 0 radical (unpaired) electrons. The van der Waals surface area contributed by atoms with Gasteiger partial charge in [0.05, 0.1) is 0 Å². The third kappa shape index (κ3) is 6.91. The molecule has 0 spiro atoms. The maximum absolute atomic E-state index is 3.78. The molecule has 0 bridgehead atoms. The van der Waals surface area contributed by atoms with Gasteiger partial charge in [0.2, 0.25) is 0 Å². The van der Waals surface area contributed by atoms with E-state index in [2.05, 4.69) is 94.4 Å². The predicted octanol–water partition coefficient (Wildman–Crippen LogP) is 9.22. The third-order valence-electron chi connectivity index (χ3n) is 5.77. The van der Waals surface area contributed by atoms with Crippen molar-refractivity contribution < 1.29 is 0 Å². The third-order valence-corrected chi connectivity index (χ3v) is 5.77. The first-order chi connectivity index (χ1) is 14.4. The van der Waals surface area contributed by atoms with Gasteiger partial charge in [0, 0.05) is 11.4 Å². The molecule has 1 heterocycles. The molecule has 0 aliphatic heterocycles. The van der Waals surface area contributed by atoms with Crippen LogP contribution in [-0.4, -0.2) is 4.98 Å². The normalized spacial score (nSPS) is 11.3. The molecule has 1 nitrogen and oxygen atoms in total. The molecule has 0 amide bonds. The van der Waals surface area contributed by atoms with Gasteiger partial charge in [-0.2, -0.15) is 0 Å². The maximum atomic E-state index is 3.78. The standard InChI is InChI=1S/C14H13N.C13H20.C2H6/c1-3-11-10-14(15-13(11)4-2)12-8-6-5-7-9-12;1-5-13(3,4)11(2)12-9-7-6-8-10-12;1-2/h3-10,15H,1-2H2;6-11H,5H2,1-4H3;1-2H3. The van der Waals surface area contributed by atoms with E-state index in [1.807, 2.05) is 44.2 Å². The van der Waals surface area contributed by atoms with Gasteiger partial charge in [-0.25, -0.2) is 0 Å². The van der Waals surface area contributed by atoms with Crippen LogP contribution < -0.4 is 0 Å². The molecule has 3 rings (SSSR count). The van der Waals surface area contributed by atoms with E-state index in [1.165, 1.54) is 17.5 Å². The van der Waals surface area contributed by atoms with Crippen molar-refractivity contribution in [2.75, 3.05) is 0 Å². The van der Waals surface area contributed by atoms with E-state index < -0.39 is 0 Å². The lowest BCUT2D eigenvalue weighted by atomic mass is 9.74. The van der Waals surface area contributed by atoms with Crippen molar-refractivity contribution in [1.29, 1.82) is 0 Å². The molecular formula is C29H39N. The zero-order valence-corrected chi connectivity index (χ0v) is 19.7. The SMILES string of the molecule is C=Cc1cc(-c2ccccc2)[nH]c1C=C.CC.CCC(C)(C)C(C)c1ccccc1. The molecule has 30 heavy (non-hydrogen) atoms. The van der Waals surface area contributed by atoms with Crippen LogP contribution in [0.2, 0.25) is 0 Å². The second kappa shape index (κ2) is 12.7. The summed E-state index contributed by atoms with van der Waals surface area (Å²) in [5.41, 5.74) is 6.23. The summed E-state index contributed by atoms with van der Waals surface area (Å²) < 4.78 is 0. The summed E-state index contributed by atoms with van der Waals surface area (Å²) in [7, 11) is 0. The zero-order chi connectivity index (χ0) is 22.6. The topological polar surface area (TPSA) is 15.8 Å². The van der Waals surface area contributed by atoms with Crippen LogP contribution in [0.15, 0.2) is 79.9 Å². The summed E-state index contributed by atoms with van der Waals surface area (Å²) in [6, 6.07) is 23.1. The minimum atomic E-state index is 0.404. The molecule has 0 saturated carbocycles. The molecule has 0 saturated heterocycles. The highest BCUT2D eigenvalue weighted by molar-refractivity contribution is 5.70. The molecule has 0 aliphatic rings. The molecule has 1 aromatic heterocycles. The number of rotatable bonds is 6. The number of H-pyrrole nitrogens is 1. The van der Waals surface area contributed by atoms with Crippen molar-refractivity contribution >= 4 is 12.2 Å². The number of benzene rings is 2. The Morgan fingerprint density at radius 2 is 1.43 bits per heavy atom. The van der Waals surface area contributed by atoms with Gasteiger partial charge in [0.1, 0.15) is 0 Å². The van der Waals surface area contributed by atoms with Crippen molar-refractivity contribution in [3.8, 4) is 11.3 Å². The summed E-state index contributed by atoms with van der Waals surface area (Å²) in [6.45, 7) is 20.8. The van der Waals surface area contributed by atoms with Crippen LogP contribution in [0.25, 0.3) is 23.4 Å². The van der Waals surface area contributed by atoms with Crippen LogP contribution in [-0.2, 0) is 0 Å². The Morgan fingerprint density at radius 3 is 1.87 bits per heavy atom. The minimum Gasteiger partial charge on any atom is -0.355 e. The van der Waals surface area contributed by atoms with Crippen LogP contribution in [0, 0.1) is 5.41 Å². The Balaban J connectivity index is 0.000000280. The van der Waals surface area contributed by atoms with Crippen molar-refractivity contribution in [2.45, 2.75) is 53.9 Å². The highest BCUT2D eigenvalue weighted by Crippen LogP contribution is 2.37. The van der Waals surface area contributed by atoms with Gasteiger partial charge in [0.15, 0.2) is 0 Å². The fraction of sp³-hybridized carbons (Fsp3) is 0.310. The molecule has 2 aromatic carbocycles. The van der Waals surface area contributed by atoms with Gasteiger partial charge >= 0.3 is 0 Å². The number of aromatic nitrogens is 1. The molecule has 0 aliphatic carbocycles. The van der Waals surface area contributed by atoms with Crippen molar-refractivity contribution in [2.24, 2.45) is 5.41 Å². The summed E-state index contributed by atoms with van der Waals surface area (Å²) in [6.07, 6.45) is 4.87. The average Bonchev–Trinajstić information content (AvgIpc) is 3.25. The van der Waals surface area contributed by atoms with Crippen LogP contribution in [0.4, 0.5) is 0 Å². The molecule has 3 aromatic rings. The molecule has 1 atom stereocenters. The first kappa shape index (κ1) is 25.2. The first-order valence-electron chi connectivity index (χ1n) is 11.0. The van der Waals surface area contributed by atoms with E-state index in [-0.39, 0.29) is 0 Å². The Kier molecular flexibility index (Phi) is 10.7. The number of hydrogen-bond acceptors (Lipinski definition) is 0. The lowest BCUT2D eigenvalue weighted by molar-refractivity contribution is 0.289. The smallest absolute Gasteiger partial charge is 0.0464 e. The summed E-state index contributed by atoms with van der Waals surface area (Å²) in [4.78, 5) is 3.31. The van der Waals surface area contributed by atoms with Gasteiger partial charge in [-0.05, 0) is 40.2 Å². The van der Waals surface area contributed by atoms with Crippen LogP contribution in [0.1, 0.15) is 70.7 Å². The largest absolute Gasteiger partial charge is 0.355 e. The molecule has 160 valence electrons. The zero-order valence-electron chi connectivity index (χ0n) is 19.7. The van der Waals surface area contributed by atoms with E-state index in [0.29, 0.717) is 11.3 Å². The van der Waals surface area contributed by atoms with Crippen molar-refractivity contribution in [1.82, 2.24) is 4.98 Å². The second-order valence-electron chi connectivity index (χ2n) is 7.80. The quantitative estimate of drug-likeness (QED) is 0.423. The lowest BCUT2D eigenvalue weighted by Gasteiger charge is -2.31. The van der Waals surface area contributed by atoms with E-state index >= 15 is 0 Å². The summed E-state index contributed by atoms with van der Waals surface area (Å²) in [5.74, 6) is 0.638. The minimum absolute atomic E-state index is 0.404. The maximum Gasteiger partial charge on any atom is 0.0464 e. The lowest BCUT2D eigenvalue weighted by Crippen LogP contribution is -2.18. The van der Waals surface area contributed by atoms with Gasteiger partial charge in [0.25, 0.3) is 0 Å². The van der Waals surface area contributed by atoms with E-state index in [4.69, 9.17) is 0 Å². The monoisotopic (exact) mass is 401 g/mol. The molecule has 1 unspecified atom stereocenters. The predicted molar refractivity (Wildman–Crippen MR) is 137 cm³/mol. The summed E-state index contributed by atoms with van der Waals surface area (Å²) in [5, 5.41) is 0. The van der Waals surface area contributed by atoms with E-state index in [1.54, 1.807) is 0 Å². The Hall–Kier alpha value is -2.80. The summed E-state index contributed by atoms with van der Waals surface area (Å²) >= 11 is 0. The van der Waals surface area contributed by atoms with Crippen LogP contribution in [0.3, 0.4) is 0 Å². The fourth-order valence-electron chi connectivity index (χ4n) is 3.10. The Bertz CT molecular complexity index is 844. The van der Waals surface area contributed by atoms with Gasteiger partial charge in [-0.15, -0.1) is 0 Å². The molecular weight excluding hydrogens is 362 g/mol. The number of nitrogens with one attached hydrogen (secondary N) is 1. The molecule has 1 N–H and O–H groups in total. The Morgan fingerprint density at radius 1 is 0.900 bits per heavy atom. The number of aromatic amines is 1. The first-order valence-corrected chi connectivity index (χ1v) is 11.0. The Labute approximate surface area is 184 Å². The second-order valence-corrected chi connectivity index (χ2v) is 7.80. The van der Waals surface area contributed by atoms with E-state index in [0.717, 1.165) is 17.0 Å².